The van der Waals surface area contributed by atoms with E-state index >= 15 is 0 Å². The van der Waals surface area contributed by atoms with Gasteiger partial charge in [-0.1, -0.05) is 6.07 Å². The third-order valence-corrected chi connectivity index (χ3v) is 3.08. The Bertz CT molecular complexity index is 793. The maximum Gasteiger partial charge on any atom is 0.256 e. The monoisotopic (exact) mass is 312 g/mol. The molecule has 0 saturated carbocycles. The Hall–Kier alpha value is -3.07. The topological polar surface area (TPSA) is 105 Å². The molecule has 1 amide bonds. The van der Waals surface area contributed by atoms with E-state index < -0.39 is 0 Å². The van der Waals surface area contributed by atoms with E-state index in [1.54, 1.807) is 18.2 Å². The van der Waals surface area contributed by atoms with Crippen molar-refractivity contribution in [1.29, 1.82) is 0 Å². The number of anilines is 1. The van der Waals surface area contributed by atoms with Gasteiger partial charge in [0.15, 0.2) is 5.82 Å². The lowest BCUT2D eigenvalue weighted by Crippen LogP contribution is -2.13. The van der Waals surface area contributed by atoms with Crippen LogP contribution in [-0.2, 0) is 6.54 Å². The second-order valence-corrected chi connectivity index (χ2v) is 5.28. The van der Waals surface area contributed by atoms with Crippen LogP contribution in [0.2, 0.25) is 0 Å². The molecule has 3 aromatic rings. The average molecular weight is 312 g/mol. The lowest BCUT2D eigenvalue weighted by atomic mass is 10.2. The van der Waals surface area contributed by atoms with E-state index in [0.717, 1.165) is 12.2 Å². The quantitative estimate of drug-likeness (QED) is 0.718. The zero-order chi connectivity index (χ0) is 16.2. The number of carbonyl (C=O) groups excluding carboxylic acids is 1. The molecule has 0 radical (unpaired) electrons. The zero-order valence-electron chi connectivity index (χ0n) is 12.8. The van der Waals surface area contributed by atoms with Gasteiger partial charge in [0.05, 0.1) is 11.4 Å². The molecule has 0 unspecified atom stereocenters. The van der Waals surface area contributed by atoms with Crippen LogP contribution in [0.25, 0.3) is 5.69 Å². The van der Waals surface area contributed by atoms with Crippen LogP contribution in [0.3, 0.4) is 0 Å². The normalized spacial score (nSPS) is 10.9. The van der Waals surface area contributed by atoms with Crippen LogP contribution in [0.5, 0.6) is 0 Å². The largest absolute Gasteiger partial charge is 0.305 e. The van der Waals surface area contributed by atoms with Gasteiger partial charge in [-0.2, -0.15) is 5.10 Å². The van der Waals surface area contributed by atoms with Gasteiger partial charge in [-0.3, -0.25) is 9.89 Å². The number of hydrogen-bond acceptors (Lipinski definition) is 6. The van der Waals surface area contributed by atoms with Crippen molar-refractivity contribution in [2.75, 3.05) is 19.4 Å². The van der Waals surface area contributed by atoms with Gasteiger partial charge >= 0.3 is 0 Å². The van der Waals surface area contributed by atoms with Crippen LogP contribution < -0.4 is 5.32 Å². The van der Waals surface area contributed by atoms with Crippen LogP contribution in [0.1, 0.15) is 16.1 Å². The van der Waals surface area contributed by atoms with Crippen LogP contribution >= 0.6 is 0 Å². The number of tetrazole rings is 1. The average Bonchev–Trinajstić information content (AvgIpc) is 3.19. The number of aromatic nitrogens is 6. The first kappa shape index (κ1) is 14.9. The van der Waals surface area contributed by atoms with Crippen molar-refractivity contribution >= 4 is 11.7 Å². The van der Waals surface area contributed by atoms with Gasteiger partial charge in [-0.15, -0.1) is 5.10 Å². The van der Waals surface area contributed by atoms with Gasteiger partial charge in [0, 0.05) is 18.2 Å². The third kappa shape index (κ3) is 3.58. The van der Waals surface area contributed by atoms with E-state index in [2.05, 4.69) is 31.0 Å². The number of aromatic amines is 1. The molecule has 118 valence electrons. The molecule has 0 saturated heterocycles. The maximum atomic E-state index is 12.3. The predicted octanol–water partition coefficient (Wildman–Crippen LogP) is 0.699. The van der Waals surface area contributed by atoms with E-state index in [1.165, 1.54) is 11.0 Å². The zero-order valence-corrected chi connectivity index (χ0v) is 12.8. The summed E-state index contributed by atoms with van der Waals surface area (Å²) < 4.78 is 1.49. The summed E-state index contributed by atoms with van der Waals surface area (Å²) in [6.07, 6.45) is 1.47. The molecule has 9 nitrogen and oxygen atoms in total. The van der Waals surface area contributed by atoms with Crippen molar-refractivity contribution in [1.82, 2.24) is 35.3 Å². The van der Waals surface area contributed by atoms with E-state index in [1.807, 2.05) is 31.1 Å². The summed E-state index contributed by atoms with van der Waals surface area (Å²) in [5.41, 5.74) is 2.13. The van der Waals surface area contributed by atoms with Crippen molar-refractivity contribution in [3.63, 3.8) is 0 Å². The van der Waals surface area contributed by atoms with Gasteiger partial charge in [0.25, 0.3) is 5.91 Å². The molecule has 0 fully saturated rings. The molecule has 9 heteroatoms. The molecule has 0 aliphatic heterocycles. The second-order valence-electron chi connectivity index (χ2n) is 5.28. The molecule has 0 aliphatic carbocycles. The minimum Gasteiger partial charge on any atom is -0.305 e. The Morgan fingerprint density at radius 3 is 2.96 bits per heavy atom. The van der Waals surface area contributed by atoms with Gasteiger partial charge in [-0.25, -0.2) is 4.68 Å². The van der Waals surface area contributed by atoms with Gasteiger partial charge in [0.2, 0.25) is 0 Å². The summed E-state index contributed by atoms with van der Waals surface area (Å²) in [7, 11) is 3.92. The van der Waals surface area contributed by atoms with Crippen molar-refractivity contribution in [3.8, 4) is 5.69 Å². The molecule has 0 aliphatic rings. The minimum absolute atomic E-state index is 0.247. The highest BCUT2D eigenvalue weighted by Gasteiger charge is 2.10. The van der Waals surface area contributed by atoms with Crippen molar-refractivity contribution in [2.24, 2.45) is 0 Å². The molecular weight excluding hydrogens is 296 g/mol. The smallest absolute Gasteiger partial charge is 0.256 e. The SMILES string of the molecule is CN(C)Cc1cc(NC(=O)c2cccc(-n3cnnn3)c2)n[nH]1. The fourth-order valence-electron chi connectivity index (χ4n) is 2.11. The summed E-state index contributed by atoms with van der Waals surface area (Å²) in [5.74, 6) is 0.238. The van der Waals surface area contributed by atoms with E-state index in [9.17, 15) is 4.79 Å². The first-order valence-electron chi connectivity index (χ1n) is 6.95. The number of nitrogens with zero attached hydrogens (tertiary/aromatic N) is 6. The van der Waals surface area contributed by atoms with Crippen molar-refractivity contribution < 1.29 is 4.79 Å². The van der Waals surface area contributed by atoms with E-state index in [-0.39, 0.29) is 5.91 Å². The summed E-state index contributed by atoms with van der Waals surface area (Å²) in [6.45, 7) is 0.720. The van der Waals surface area contributed by atoms with Gasteiger partial charge in [0.1, 0.15) is 6.33 Å². The summed E-state index contributed by atoms with van der Waals surface area (Å²) in [4.78, 5) is 14.3. The molecule has 1 aromatic carbocycles. The fourth-order valence-corrected chi connectivity index (χ4v) is 2.11. The maximum absolute atomic E-state index is 12.3. The summed E-state index contributed by atoms with van der Waals surface area (Å²) in [6, 6.07) is 8.82. The molecule has 2 aromatic heterocycles. The molecular formula is C14H16N8O. The molecule has 3 rings (SSSR count). The van der Waals surface area contributed by atoms with Crippen molar-refractivity contribution in [2.45, 2.75) is 6.54 Å². The van der Waals surface area contributed by atoms with Crippen LogP contribution in [0.4, 0.5) is 5.82 Å². The number of hydrogen-bond donors (Lipinski definition) is 2. The van der Waals surface area contributed by atoms with E-state index in [0.29, 0.717) is 17.1 Å². The highest BCUT2D eigenvalue weighted by Crippen LogP contribution is 2.12. The first-order valence-corrected chi connectivity index (χ1v) is 6.95. The number of H-pyrrole nitrogens is 1. The van der Waals surface area contributed by atoms with Crippen LogP contribution in [0, 0.1) is 0 Å². The standard InChI is InChI=1S/C14H16N8O/c1-21(2)8-11-7-13(18-17-11)16-14(23)10-4-3-5-12(6-10)22-9-15-19-20-22/h3-7,9H,8H2,1-2H3,(H2,16,17,18,23). The lowest BCUT2D eigenvalue weighted by molar-refractivity contribution is 0.102. The number of rotatable bonds is 5. The fraction of sp³-hybridized carbons (Fsp3) is 0.214. The number of carbonyl (C=O) groups is 1. The predicted molar refractivity (Wildman–Crippen MR) is 83.1 cm³/mol. The molecule has 0 atom stereocenters. The molecule has 2 heterocycles. The summed E-state index contributed by atoms with van der Waals surface area (Å²) >= 11 is 0. The minimum atomic E-state index is -0.247. The van der Waals surface area contributed by atoms with Gasteiger partial charge < -0.3 is 10.2 Å². The first-order chi connectivity index (χ1) is 11.1. The Labute approximate surface area is 132 Å². The molecule has 2 N–H and O–H groups in total. The molecule has 23 heavy (non-hydrogen) atoms. The van der Waals surface area contributed by atoms with Crippen LogP contribution in [0.15, 0.2) is 36.7 Å². The van der Waals surface area contributed by atoms with Crippen molar-refractivity contribution in [3.05, 3.63) is 47.9 Å². The van der Waals surface area contributed by atoms with Gasteiger partial charge in [-0.05, 0) is 42.7 Å². The number of nitrogens with one attached hydrogen (secondary N) is 2. The summed E-state index contributed by atoms with van der Waals surface area (Å²) in [5, 5.41) is 20.7. The Kier molecular flexibility index (Phi) is 4.11. The lowest BCUT2D eigenvalue weighted by Gasteiger charge is -2.06. The molecule has 0 spiro atoms. The Balaban J connectivity index is 1.73. The number of amides is 1. The second kappa shape index (κ2) is 6.36. The van der Waals surface area contributed by atoms with E-state index in [4.69, 9.17) is 0 Å². The Morgan fingerprint density at radius 2 is 2.22 bits per heavy atom. The Morgan fingerprint density at radius 1 is 1.35 bits per heavy atom. The highest BCUT2D eigenvalue weighted by molar-refractivity contribution is 6.04. The third-order valence-electron chi connectivity index (χ3n) is 3.08. The van der Waals surface area contributed by atoms with Crippen LogP contribution in [-0.4, -0.2) is 55.3 Å². The molecule has 0 bridgehead atoms. The highest BCUT2D eigenvalue weighted by atomic mass is 16.1. The number of benzene rings is 1.